The maximum absolute atomic E-state index is 12.4. The Bertz CT molecular complexity index is 490. The number of halogens is 6. The number of rotatable bonds is 6. The number of carbonyl (C=O) groups is 2. The van der Waals surface area contributed by atoms with Gasteiger partial charge in [-0.3, -0.25) is 4.79 Å². The highest BCUT2D eigenvalue weighted by Crippen LogP contribution is 2.40. The summed E-state index contributed by atoms with van der Waals surface area (Å²) in [6.07, 6.45) is -15.6. The molecule has 0 heterocycles. The molecule has 10 heteroatoms. The second-order valence-electron chi connectivity index (χ2n) is 7.84. The predicted molar refractivity (Wildman–Crippen MR) is 80.0 cm³/mol. The Kier molecular flexibility index (Phi) is 7.58. The number of ether oxygens (including phenoxy) is 2. The largest absolute Gasteiger partial charge is 0.453 e. The van der Waals surface area contributed by atoms with Gasteiger partial charge in [0.25, 0.3) is 6.10 Å². The first kappa shape index (κ1) is 24.5. The van der Waals surface area contributed by atoms with Gasteiger partial charge in [0.2, 0.25) is 0 Å². The summed E-state index contributed by atoms with van der Waals surface area (Å²) in [5, 5.41) is 0. The van der Waals surface area contributed by atoms with E-state index in [0.29, 0.717) is 6.42 Å². The molecule has 0 aromatic carbocycles. The third-order valence-electron chi connectivity index (χ3n) is 3.80. The molecule has 0 fully saturated rings. The Morgan fingerprint density at radius 2 is 1.31 bits per heavy atom. The molecule has 154 valence electrons. The van der Waals surface area contributed by atoms with Gasteiger partial charge in [0.1, 0.15) is 0 Å². The molecule has 0 radical (unpaired) electrons. The third-order valence-corrected chi connectivity index (χ3v) is 3.80. The minimum absolute atomic E-state index is 0.247. The Balaban J connectivity index is 5.06. The minimum atomic E-state index is -5.82. The van der Waals surface area contributed by atoms with Crippen LogP contribution >= 0.6 is 0 Å². The van der Waals surface area contributed by atoms with E-state index >= 15 is 0 Å². The third kappa shape index (κ3) is 7.41. The fourth-order valence-electron chi connectivity index (χ4n) is 2.39. The van der Waals surface area contributed by atoms with E-state index in [0.717, 1.165) is 0 Å². The van der Waals surface area contributed by atoms with Gasteiger partial charge < -0.3 is 9.47 Å². The lowest BCUT2D eigenvalue weighted by Gasteiger charge is -2.36. The molecule has 0 amide bonds. The summed E-state index contributed by atoms with van der Waals surface area (Å²) in [5.74, 6) is -3.07. The van der Waals surface area contributed by atoms with E-state index in [4.69, 9.17) is 0 Å². The average Bonchev–Trinajstić information content (AvgIpc) is 2.37. The smallest absolute Gasteiger partial charge is 0.434 e. The van der Waals surface area contributed by atoms with Crippen LogP contribution in [0.3, 0.4) is 0 Å². The van der Waals surface area contributed by atoms with Gasteiger partial charge in [-0.1, -0.05) is 34.6 Å². The maximum Gasteiger partial charge on any atom is 0.434 e. The molecule has 0 aliphatic heterocycles. The number of carbonyl (C=O) groups excluding carboxylic acids is 2. The van der Waals surface area contributed by atoms with Crippen LogP contribution in [0.4, 0.5) is 26.3 Å². The normalized spacial score (nSPS) is 15.8. The van der Waals surface area contributed by atoms with E-state index in [1.807, 2.05) is 20.8 Å². The number of hydrogen-bond acceptors (Lipinski definition) is 4. The van der Waals surface area contributed by atoms with Crippen LogP contribution in [0.2, 0.25) is 0 Å². The molecule has 1 unspecified atom stereocenters. The van der Waals surface area contributed by atoms with Gasteiger partial charge >= 0.3 is 24.3 Å². The SMILES string of the molecule is CC(C)C(C)(CC(C)(C)C)C(=O)OCC(=O)OC(C(F)(F)F)C(F)(F)F. The van der Waals surface area contributed by atoms with E-state index in [-0.39, 0.29) is 11.3 Å². The Labute approximate surface area is 148 Å². The van der Waals surface area contributed by atoms with Crippen LogP contribution < -0.4 is 0 Å². The van der Waals surface area contributed by atoms with Crippen molar-refractivity contribution < 1.29 is 45.4 Å². The van der Waals surface area contributed by atoms with Gasteiger partial charge in [0.15, 0.2) is 6.61 Å². The summed E-state index contributed by atoms with van der Waals surface area (Å²) in [6.45, 7) is 9.22. The van der Waals surface area contributed by atoms with Gasteiger partial charge in [0.05, 0.1) is 5.41 Å². The highest BCUT2D eigenvalue weighted by molar-refractivity contribution is 5.80. The van der Waals surface area contributed by atoms with Crippen LogP contribution in [-0.4, -0.2) is 37.0 Å². The number of alkyl halides is 6. The molecule has 0 bridgehead atoms. The molecule has 0 rings (SSSR count). The van der Waals surface area contributed by atoms with Crippen LogP contribution in [0.25, 0.3) is 0 Å². The summed E-state index contributed by atoms with van der Waals surface area (Å²) >= 11 is 0. The molecule has 0 saturated carbocycles. The van der Waals surface area contributed by atoms with Crippen molar-refractivity contribution >= 4 is 11.9 Å². The van der Waals surface area contributed by atoms with Crippen molar-refractivity contribution in [2.75, 3.05) is 6.61 Å². The molecule has 0 aromatic rings. The van der Waals surface area contributed by atoms with Crippen molar-refractivity contribution in [3.63, 3.8) is 0 Å². The van der Waals surface area contributed by atoms with E-state index in [1.54, 1.807) is 20.8 Å². The zero-order valence-corrected chi connectivity index (χ0v) is 15.5. The molecular formula is C16H24F6O4. The fourth-order valence-corrected chi connectivity index (χ4v) is 2.39. The Hall–Kier alpha value is -1.48. The zero-order valence-electron chi connectivity index (χ0n) is 15.5. The van der Waals surface area contributed by atoms with Crippen molar-refractivity contribution in [2.45, 2.75) is 66.4 Å². The van der Waals surface area contributed by atoms with Gasteiger partial charge in [-0.25, -0.2) is 4.79 Å². The second-order valence-corrected chi connectivity index (χ2v) is 7.84. The lowest BCUT2D eigenvalue weighted by Crippen LogP contribution is -2.46. The lowest BCUT2D eigenvalue weighted by atomic mass is 9.69. The average molecular weight is 394 g/mol. The topological polar surface area (TPSA) is 52.6 Å². The zero-order chi connectivity index (χ0) is 21.1. The molecule has 4 nitrogen and oxygen atoms in total. The van der Waals surface area contributed by atoms with Gasteiger partial charge in [-0.2, -0.15) is 26.3 Å². The number of hydrogen-bond donors (Lipinski definition) is 0. The lowest BCUT2D eigenvalue weighted by molar-refractivity contribution is -0.313. The van der Waals surface area contributed by atoms with E-state index in [9.17, 15) is 35.9 Å². The summed E-state index contributed by atoms with van der Waals surface area (Å²) in [6, 6.07) is 0. The molecule has 1 atom stereocenters. The van der Waals surface area contributed by atoms with Gasteiger partial charge in [-0.15, -0.1) is 0 Å². The van der Waals surface area contributed by atoms with Crippen molar-refractivity contribution in [1.82, 2.24) is 0 Å². The first-order valence-electron chi connectivity index (χ1n) is 7.81. The summed E-state index contributed by atoms with van der Waals surface area (Å²) < 4.78 is 82.2. The Morgan fingerprint density at radius 3 is 1.62 bits per heavy atom. The molecule has 0 aliphatic rings. The van der Waals surface area contributed by atoms with Crippen molar-refractivity contribution in [1.29, 1.82) is 0 Å². The van der Waals surface area contributed by atoms with Crippen LogP contribution in [0.15, 0.2) is 0 Å². The van der Waals surface area contributed by atoms with Crippen LogP contribution in [0.1, 0.15) is 48.0 Å². The van der Waals surface area contributed by atoms with E-state index < -0.39 is 42.4 Å². The summed E-state index contributed by atoms with van der Waals surface area (Å²) in [4.78, 5) is 23.6. The Morgan fingerprint density at radius 1 is 0.885 bits per heavy atom. The molecule has 0 saturated heterocycles. The summed E-state index contributed by atoms with van der Waals surface area (Å²) in [7, 11) is 0. The highest BCUT2D eigenvalue weighted by atomic mass is 19.4. The quantitative estimate of drug-likeness (QED) is 0.486. The van der Waals surface area contributed by atoms with Crippen LogP contribution in [-0.2, 0) is 19.1 Å². The highest BCUT2D eigenvalue weighted by Gasteiger charge is 2.60. The molecular weight excluding hydrogens is 370 g/mol. The van der Waals surface area contributed by atoms with Crippen LogP contribution in [0, 0.1) is 16.7 Å². The first-order chi connectivity index (χ1) is 11.3. The maximum atomic E-state index is 12.4. The molecule has 0 spiro atoms. The number of esters is 2. The predicted octanol–water partition coefficient (Wildman–Crippen LogP) is 4.66. The van der Waals surface area contributed by atoms with Gasteiger partial charge in [-0.05, 0) is 24.7 Å². The standard InChI is InChI=1S/C16H24F6O4/c1-9(2)14(6,8-13(3,4)5)12(24)25-7-10(23)26-11(15(17,18)19)16(20,21)22/h9,11H,7-8H2,1-6H3. The molecule has 26 heavy (non-hydrogen) atoms. The molecule has 0 aliphatic carbocycles. The van der Waals surface area contributed by atoms with E-state index in [1.165, 1.54) is 0 Å². The van der Waals surface area contributed by atoms with Crippen molar-refractivity contribution in [3.8, 4) is 0 Å². The molecule has 0 N–H and O–H groups in total. The van der Waals surface area contributed by atoms with Gasteiger partial charge in [0, 0.05) is 0 Å². The summed E-state index contributed by atoms with van der Waals surface area (Å²) in [5.41, 5.74) is -1.39. The van der Waals surface area contributed by atoms with E-state index in [2.05, 4.69) is 9.47 Å². The van der Waals surface area contributed by atoms with Crippen molar-refractivity contribution in [3.05, 3.63) is 0 Å². The second kappa shape index (κ2) is 8.04. The first-order valence-corrected chi connectivity index (χ1v) is 7.81. The van der Waals surface area contributed by atoms with Crippen LogP contribution in [0.5, 0.6) is 0 Å². The monoisotopic (exact) mass is 394 g/mol. The van der Waals surface area contributed by atoms with Crippen molar-refractivity contribution in [2.24, 2.45) is 16.7 Å². The molecule has 0 aromatic heterocycles. The minimum Gasteiger partial charge on any atom is -0.453 e. The fraction of sp³-hybridized carbons (Fsp3) is 0.875.